The summed E-state index contributed by atoms with van der Waals surface area (Å²) in [5, 5.41) is 16.5. The SMILES string of the molecule is O=C(Cn1nc(-c2ccccc2)ccc1=O)N[C@H](CO)c1ccccc1. The third kappa shape index (κ3) is 4.23. The number of aliphatic hydroxyl groups is 1. The summed E-state index contributed by atoms with van der Waals surface area (Å²) in [6.45, 7) is -0.453. The van der Waals surface area contributed by atoms with Crippen molar-refractivity contribution in [1.82, 2.24) is 15.1 Å². The maximum atomic E-state index is 12.3. The number of hydrogen-bond donors (Lipinski definition) is 2. The van der Waals surface area contributed by atoms with Crippen molar-refractivity contribution >= 4 is 5.91 Å². The fourth-order valence-corrected chi connectivity index (χ4v) is 2.62. The second-order valence-corrected chi connectivity index (χ2v) is 5.79. The van der Waals surface area contributed by atoms with Crippen molar-refractivity contribution in [3.63, 3.8) is 0 Å². The highest BCUT2D eigenvalue weighted by molar-refractivity contribution is 5.76. The Labute approximate surface area is 150 Å². The first-order valence-electron chi connectivity index (χ1n) is 8.26. The summed E-state index contributed by atoms with van der Waals surface area (Å²) in [7, 11) is 0. The van der Waals surface area contributed by atoms with E-state index in [0.29, 0.717) is 5.69 Å². The predicted octanol–water partition coefficient (Wildman–Crippen LogP) is 1.76. The molecule has 6 heteroatoms. The number of nitrogens with one attached hydrogen (secondary N) is 1. The summed E-state index contributed by atoms with van der Waals surface area (Å²) < 4.78 is 1.12. The molecule has 132 valence electrons. The van der Waals surface area contributed by atoms with Gasteiger partial charge in [-0.2, -0.15) is 5.10 Å². The molecule has 6 nitrogen and oxygen atoms in total. The van der Waals surface area contributed by atoms with Crippen LogP contribution in [0.25, 0.3) is 11.3 Å². The van der Waals surface area contributed by atoms with Gasteiger partial charge in [-0.15, -0.1) is 0 Å². The number of benzene rings is 2. The average Bonchev–Trinajstić information content (AvgIpc) is 2.69. The zero-order chi connectivity index (χ0) is 18.4. The first kappa shape index (κ1) is 17.6. The van der Waals surface area contributed by atoms with Gasteiger partial charge in [0.15, 0.2) is 0 Å². The molecule has 0 aliphatic heterocycles. The van der Waals surface area contributed by atoms with E-state index >= 15 is 0 Å². The highest BCUT2D eigenvalue weighted by atomic mass is 16.3. The minimum atomic E-state index is -0.531. The van der Waals surface area contributed by atoms with Gasteiger partial charge in [0.25, 0.3) is 5.56 Å². The smallest absolute Gasteiger partial charge is 0.267 e. The second-order valence-electron chi connectivity index (χ2n) is 5.79. The van der Waals surface area contributed by atoms with Crippen LogP contribution in [0, 0.1) is 0 Å². The van der Waals surface area contributed by atoms with Crippen molar-refractivity contribution in [3.8, 4) is 11.3 Å². The molecule has 0 bridgehead atoms. The molecular formula is C20H19N3O3. The summed E-state index contributed by atoms with van der Waals surface area (Å²) >= 11 is 0. The van der Waals surface area contributed by atoms with E-state index < -0.39 is 11.9 Å². The molecule has 26 heavy (non-hydrogen) atoms. The Balaban J connectivity index is 1.76. The monoisotopic (exact) mass is 349 g/mol. The van der Waals surface area contributed by atoms with Gasteiger partial charge in [0.05, 0.1) is 18.3 Å². The maximum absolute atomic E-state index is 12.3. The van der Waals surface area contributed by atoms with Gasteiger partial charge < -0.3 is 10.4 Å². The molecular weight excluding hydrogens is 330 g/mol. The summed E-state index contributed by atoms with van der Waals surface area (Å²) in [6, 6.07) is 21.1. The van der Waals surface area contributed by atoms with Crippen LogP contribution in [-0.2, 0) is 11.3 Å². The summed E-state index contributed by atoms with van der Waals surface area (Å²) in [6.07, 6.45) is 0. The molecule has 2 N–H and O–H groups in total. The summed E-state index contributed by atoms with van der Waals surface area (Å²) in [4.78, 5) is 24.4. The molecule has 1 amide bonds. The van der Waals surface area contributed by atoms with E-state index in [1.165, 1.54) is 6.07 Å². The maximum Gasteiger partial charge on any atom is 0.267 e. The Kier molecular flexibility index (Phi) is 5.56. The molecule has 1 heterocycles. The number of aliphatic hydroxyl groups excluding tert-OH is 1. The lowest BCUT2D eigenvalue weighted by Gasteiger charge is -2.17. The number of rotatable bonds is 6. The first-order valence-corrected chi connectivity index (χ1v) is 8.26. The molecule has 2 aromatic carbocycles. The number of hydrogen-bond acceptors (Lipinski definition) is 4. The van der Waals surface area contributed by atoms with Gasteiger partial charge in [-0.05, 0) is 11.6 Å². The normalized spacial score (nSPS) is 11.7. The number of carbonyl (C=O) groups excluding carboxylic acids is 1. The molecule has 1 atom stereocenters. The van der Waals surface area contributed by atoms with Crippen molar-refractivity contribution in [2.75, 3.05) is 6.61 Å². The van der Waals surface area contributed by atoms with E-state index in [1.54, 1.807) is 6.07 Å². The fraction of sp³-hybridized carbons (Fsp3) is 0.150. The van der Waals surface area contributed by atoms with Crippen molar-refractivity contribution in [1.29, 1.82) is 0 Å². The predicted molar refractivity (Wildman–Crippen MR) is 98.3 cm³/mol. The van der Waals surface area contributed by atoms with E-state index in [4.69, 9.17) is 0 Å². The third-order valence-electron chi connectivity index (χ3n) is 3.95. The van der Waals surface area contributed by atoms with Gasteiger partial charge in [-0.3, -0.25) is 9.59 Å². The highest BCUT2D eigenvalue weighted by Gasteiger charge is 2.15. The van der Waals surface area contributed by atoms with Crippen molar-refractivity contribution in [2.45, 2.75) is 12.6 Å². The van der Waals surface area contributed by atoms with Crippen LogP contribution >= 0.6 is 0 Å². The zero-order valence-corrected chi connectivity index (χ0v) is 14.1. The molecule has 0 aliphatic rings. The van der Waals surface area contributed by atoms with Crippen LogP contribution in [0.15, 0.2) is 77.6 Å². The molecule has 0 spiro atoms. The van der Waals surface area contributed by atoms with Crippen LogP contribution in [-0.4, -0.2) is 27.4 Å². The molecule has 1 aromatic heterocycles. The quantitative estimate of drug-likeness (QED) is 0.710. The number of carbonyl (C=O) groups is 1. The number of aromatic nitrogens is 2. The molecule has 0 aliphatic carbocycles. The minimum Gasteiger partial charge on any atom is -0.394 e. The Morgan fingerprint density at radius 3 is 2.31 bits per heavy atom. The molecule has 0 radical (unpaired) electrons. The molecule has 0 saturated carbocycles. The lowest BCUT2D eigenvalue weighted by Crippen LogP contribution is -2.36. The molecule has 0 fully saturated rings. The molecule has 0 saturated heterocycles. The van der Waals surface area contributed by atoms with E-state index in [9.17, 15) is 14.7 Å². The first-order chi connectivity index (χ1) is 12.7. The molecule has 3 aromatic rings. The van der Waals surface area contributed by atoms with E-state index in [1.807, 2.05) is 60.7 Å². The topological polar surface area (TPSA) is 84.2 Å². The van der Waals surface area contributed by atoms with Crippen LogP contribution in [0.2, 0.25) is 0 Å². The van der Waals surface area contributed by atoms with E-state index in [2.05, 4.69) is 10.4 Å². The Morgan fingerprint density at radius 1 is 1.00 bits per heavy atom. The summed E-state index contributed by atoms with van der Waals surface area (Å²) in [5.41, 5.74) is 1.90. The highest BCUT2D eigenvalue weighted by Crippen LogP contribution is 2.14. The number of nitrogens with zero attached hydrogens (tertiary/aromatic N) is 2. The van der Waals surface area contributed by atoms with E-state index in [0.717, 1.165) is 15.8 Å². The van der Waals surface area contributed by atoms with Crippen LogP contribution in [0.3, 0.4) is 0 Å². The Bertz CT molecular complexity index is 924. The number of amides is 1. The third-order valence-corrected chi connectivity index (χ3v) is 3.95. The molecule has 0 unspecified atom stereocenters. The van der Waals surface area contributed by atoms with Crippen LogP contribution in [0.4, 0.5) is 0 Å². The van der Waals surface area contributed by atoms with Gasteiger partial charge >= 0.3 is 0 Å². The van der Waals surface area contributed by atoms with Gasteiger partial charge in [-0.1, -0.05) is 60.7 Å². The largest absolute Gasteiger partial charge is 0.394 e. The zero-order valence-electron chi connectivity index (χ0n) is 14.1. The standard InChI is InChI=1S/C20H19N3O3/c24-14-18(16-9-5-2-6-10-16)21-19(25)13-23-20(26)12-11-17(22-23)15-7-3-1-4-8-15/h1-12,18,24H,13-14H2,(H,21,25)/t18-/m1/s1. The van der Waals surface area contributed by atoms with Gasteiger partial charge in [0, 0.05) is 11.6 Å². The van der Waals surface area contributed by atoms with Gasteiger partial charge in [0.2, 0.25) is 5.91 Å². The van der Waals surface area contributed by atoms with Crippen molar-refractivity contribution in [2.24, 2.45) is 0 Å². The fourth-order valence-electron chi connectivity index (χ4n) is 2.62. The van der Waals surface area contributed by atoms with Crippen LogP contribution in [0.5, 0.6) is 0 Å². The second kappa shape index (κ2) is 8.22. The van der Waals surface area contributed by atoms with Crippen molar-refractivity contribution < 1.29 is 9.90 Å². The van der Waals surface area contributed by atoms with E-state index in [-0.39, 0.29) is 18.7 Å². The van der Waals surface area contributed by atoms with Crippen LogP contribution < -0.4 is 10.9 Å². The van der Waals surface area contributed by atoms with Gasteiger partial charge in [0.1, 0.15) is 6.54 Å². The summed E-state index contributed by atoms with van der Waals surface area (Å²) in [5.74, 6) is -0.396. The van der Waals surface area contributed by atoms with Crippen molar-refractivity contribution in [3.05, 3.63) is 88.7 Å². The lowest BCUT2D eigenvalue weighted by molar-refractivity contribution is -0.123. The molecule has 3 rings (SSSR count). The lowest BCUT2D eigenvalue weighted by atomic mass is 10.1. The Hall–Kier alpha value is -3.25. The average molecular weight is 349 g/mol. The van der Waals surface area contributed by atoms with Gasteiger partial charge in [-0.25, -0.2) is 4.68 Å². The minimum absolute atomic E-state index is 0.219. The van der Waals surface area contributed by atoms with Crippen LogP contribution in [0.1, 0.15) is 11.6 Å². The Morgan fingerprint density at radius 2 is 1.65 bits per heavy atom.